The largest absolute Gasteiger partial charge is 0.388 e. The van der Waals surface area contributed by atoms with E-state index in [4.69, 9.17) is 0 Å². The number of aliphatic hydroxyl groups is 1. The lowest BCUT2D eigenvalue weighted by Gasteiger charge is -2.12. The van der Waals surface area contributed by atoms with Gasteiger partial charge in [0.15, 0.2) is 0 Å². The summed E-state index contributed by atoms with van der Waals surface area (Å²) < 4.78 is 0.951. The van der Waals surface area contributed by atoms with E-state index in [1.807, 2.05) is 30.3 Å². The number of pyridine rings is 1. The number of aromatic nitrogens is 1. The van der Waals surface area contributed by atoms with Crippen LogP contribution in [0.25, 0.3) is 0 Å². The Kier molecular flexibility index (Phi) is 4.15. The van der Waals surface area contributed by atoms with Gasteiger partial charge in [0.1, 0.15) is 0 Å². The summed E-state index contributed by atoms with van der Waals surface area (Å²) in [6, 6.07) is 9.93. The van der Waals surface area contributed by atoms with Crippen molar-refractivity contribution < 1.29 is 5.11 Å². The van der Waals surface area contributed by atoms with Crippen LogP contribution in [-0.2, 0) is 6.42 Å². The summed E-state index contributed by atoms with van der Waals surface area (Å²) in [6.45, 7) is 4.13. The predicted molar refractivity (Wildman–Crippen MR) is 76.5 cm³/mol. The summed E-state index contributed by atoms with van der Waals surface area (Å²) in [5, 5.41) is 10.2. The molecule has 0 saturated heterocycles. The second-order valence-corrected chi connectivity index (χ2v) is 5.45. The molecule has 0 saturated carbocycles. The highest BCUT2D eigenvalue weighted by molar-refractivity contribution is 9.10. The Hall–Kier alpha value is -1.19. The molecule has 1 atom stereocenters. The highest BCUT2D eigenvalue weighted by Gasteiger charge is 2.10. The number of nitrogens with zero attached hydrogens (tertiary/aromatic N) is 1. The lowest BCUT2D eigenvalue weighted by Crippen LogP contribution is -2.04. The molecule has 2 nitrogen and oxygen atoms in total. The molecule has 0 spiro atoms. The third kappa shape index (κ3) is 3.18. The summed E-state index contributed by atoms with van der Waals surface area (Å²) in [6.07, 6.45) is 1.79. The molecule has 94 valence electrons. The topological polar surface area (TPSA) is 33.1 Å². The van der Waals surface area contributed by atoms with Gasteiger partial charge in [0, 0.05) is 22.8 Å². The SMILES string of the molecule is Cc1ccc(C(O)Cc2ccc(Br)cn2)cc1C. The predicted octanol–water partition coefficient (Wildman–Crippen LogP) is 3.74. The molecule has 1 heterocycles. The first kappa shape index (κ1) is 13.2. The van der Waals surface area contributed by atoms with E-state index < -0.39 is 6.10 Å². The molecule has 2 rings (SSSR count). The standard InChI is InChI=1S/C15H16BrNO/c1-10-3-4-12(7-11(10)2)15(18)8-14-6-5-13(16)9-17-14/h3-7,9,15,18H,8H2,1-2H3. The van der Waals surface area contributed by atoms with Gasteiger partial charge in [0.05, 0.1) is 6.10 Å². The summed E-state index contributed by atoms with van der Waals surface area (Å²) in [5.41, 5.74) is 4.29. The quantitative estimate of drug-likeness (QED) is 0.937. The van der Waals surface area contributed by atoms with Gasteiger partial charge in [0.2, 0.25) is 0 Å². The number of aryl methyl sites for hydroxylation is 2. The van der Waals surface area contributed by atoms with Gasteiger partial charge in [-0.05, 0) is 58.6 Å². The van der Waals surface area contributed by atoms with E-state index in [0.717, 1.165) is 15.7 Å². The second kappa shape index (κ2) is 5.63. The van der Waals surface area contributed by atoms with Gasteiger partial charge in [-0.25, -0.2) is 0 Å². The van der Waals surface area contributed by atoms with Crippen LogP contribution < -0.4 is 0 Å². The third-order valence-electron chi connectivity index (χ3n) is 3.11. The number of benzene rings is 1. The molecule has 1 aromatic heterocycles. The molecule has 18 heavy (non-hydrogen) atoms. The monoisotopic (exact) mass is 305 g/mol. The van der Waals surface area contributed by atoms with E-state index in [0.29, 0.717) is 6.42 Å². The van der Waals surface area contributed by atoms with E-state index in [1.165, 1.54) is 11.1 Å². The molecule has 1 unspecified atom stereocenters. The van der Waals surface area contributed by atoms with Gasteiger partial charge < -0.3 is 5.11 Å². The maximum atomic E-state index is 10.2. The van der Waals surface area contributed by atoms with Gasteiger partial charge in [-0.2, -0.15) is 0 Å². The van der Waals surface area contributed by atoms with E-state index in [9.17, 15) is 5.11 Å². The van der Waals surface area contributed by atoms with Crippen molar-refractivity contribution in [1.82, 2.24) is 4.98 Å². The molecule has 0 aliphatic carbocycles. The minimum atomic E-state index is -0.502. The molecule has 3 heteroatoms. The second-order valence-electron chi connectivity index (χ2n) is 4.53. The zero-order chi connectivity index (χ0) is 13.1. The molecule has 0 aliphatic rings. The van der Waals surface area contributed by atoms with E-state index >= 15 is 0 Å². The van der Waals surface area contributed by atoms with Crippen molar-refractivity contribution in [3.63, 3.8) is 0 Å². The molecule has 2 aromatic rings. The molecule has 0 amide bonds. The van der Waals surface area contributed by atoms with E-state index in [2.05, 4.69) is 34.8 Å². The third-order valence-corrected chi connectivity index (χ3v) is 3.58. The molecule has 0 radical (unpaired) electrons. The van der Waals surface area contributed by atoms with Crippen LogP contribution in [0.2, 0.25) is 0 Å². The van der Waals surface area contributed by atoms with Crippen LogP contribution in [0.5, 0.6) is 0 Å². The Morgan fingerprint density at radius 3 is 2.56 bits per heavy atom. The summed E-state index contributed by atoms with van der Waals surface area (Å²) >= 11 is 3.35. The lowest BCUT2D eigenvalue weighted by atomic mass is 10.00. The Morgan fingerprint density at radius 1 is 1.17 bits per heavy atom. The molecule has 1 N–H and O–H groups in total. The van der Waals surface area contributed by atoms with Crippen molar-refractivity contribution in [3.8, 4) is 0 Å². The average molecular weight is 306 g/mol. The van der Waals surface area contributed by atoms with Gasteiger partial charge in [-0.1, -0.05) is 18.2 Å². The van der Waals surface area contributed by atoms with E-state index in [1.54, 1.807) is 6.20 Å². The number of hydrogen-bond donors (Lipinski definition) is 1. The lowest BCUT2D eigenvalue weighted by molar-refractivity contribution is 0.177. The van der Waals surface area contributed by atoms with Gasteiger partial charge in [0.25, 0.3) is 0 Å². The first-order chi connectivity index (χ1) is 8.56. The molecular weight excluding hydrogens is 290 g/mol. The maximum absolute atomic E-state index is 10.2. The van der Waals surface area contributed by atoms with Gasteiger partial charge in [-0.15, -0.1) is 0 Å². The van der Waals surface area contributed by atoms with Crippen LogP contribution in [-0.4, -0.2) is 10.1 Å². The summed E-state index contributed by atoms with van der Waals surface area (Å²) in [5.74, 6) is 0. The van der Waals surface area contributed by atoms with Crippen LogP contribution >= 0.6 is 15.9 Å². The first-order valence-electron chi connectivity index (χ1n) is 5.92. The molecule has 1 aromatic carbocycles. The highest BCUT2D eigenvalue weighted by Crippen LogP contribution is 2.20. The number of rotatable bonds is 3. The van der Waals surface area contributed by atoms with Crippen LogP contribution in [0.15, 0.2) is 41.0 Å². The Balaban J connectivity index is 2.13. The first-order valence-corrected chi connectivity index (χ1v) is 6.71. The van der Waals surface area contributed by atoms with Crippen molar-refractivity contribution in [2.24, 2.45) is 0 Å². The van der Waals surface area contributed by atoms with Crippen LogP contribution in [0.4, 0.5) is 0 Å². The van der Waals surface area contributed by atoms with Gasteiger partial charge in [-0.3, -0.25) is 4.98 Å². The average Bonchev–Trinajstić information content (AvgIpc) is 2.35. The van der Waals surface area contributed by atoms with Crippen molar-refractivity contribution in [1.29, 1.82) is 0 Å². The van der Waals surface area contributed by atoms with Crippen LogP contribution in [0.3, 0.4) is 0 Å². The fourth-order valence-electron chi connectivity index (χ4n) is 1.82. The Morgan fingerprint density at radius 2 is 1.94 bits per heavy atom. The van der Waals surface area contributed by atoms with Crippen molar-refractivity contribution >= 4 is 15.9 Å². The minimum Gasteiger partial charge on any atom is -0.388 e. The summed E-state index contributed by atoms with van der Waals surface area (Å²) in [7, 11) is 0. The number of halogens is 1. The fraction of sp³-hybridized carbons (Fsp3) is 0.267. The van der Waals surface area contributed by atoms with Crippen molar-refractivity contribution in [3.05, 3.63) is 63.4 Å². The van der Waals surface area contributed by atoms with Crippen molar-refractivity contribution in [2.75, 3.05) is 0 Å². The van der Waals surface area contributed by atoms with Crippen LogP contribution in [0, 0.1) is 13.8 Å². The van der Waals surface area contributed by atoms with Crippen molar-refractivity contribution in [2.45, 2.75) is 26.4 Å². The maximum Gasteiger partial charge on any atom is 0.0845 e. The molecule has 0 aliphatic heterocycles. The normalized spacial score (nSPS) is 12.4. The summed E-state index contributed by atoms with van der Waals surface area (Å²) in [4.78, 5) is 4.28. The zero-order valence-corrected chi connectivity index (χ0v) is 12.1. The van der Waals surface area contributed by atoms with E-state index in [-0.39, 0.29) is 0 Å². The Labute approximate surface area is 116 Å². The zero-order valence-electron chi connectivity index (χ0n) is 10.5. The molecule has 0 bridgehead atoms. The number of hydrogen-bond acceptors (Lipinski definition) is 2. The fourth-order valence-corrected chi connectivity index (χ4v) is 2.05. The van der Waals surface area contributed by atoms with Gasteiger partial charge >= 0.3 is 0 Å². The smallest absolute Gasteiger partial charge is 0.0845 e. The molecule has 0 fully saturated rings. The molecular formula is C15H16BrNO. The Bertz CT molecular complexity index is 537. The minimum absolute atomic E-state index is 0.502. The number of aliphatic hydroxyl groups excluding tert-OH is 1. The van der Waals surface area contributed by atoms with Crippen LogP contribution in [0.1, 0.15) is 28.5 Å². The highest BCUT2D eigenvalue weighted by atomic mass is 79.9.